The van der Waals surface area contributed by atoms with Crippen LogP contribution in [-0.2, 0) is 6.18 Å². The Hall–Kier alpha value is -1.49. The minimum Gasteiger partial charge on any atom is -0.496 e. The number of benzene rings is 1. The topological polar surface area (TPSA) is 21.3 Å². The molecule has 5 heteroatoms. The fourth-order valence-electron chi connectivity index (χ4n) is 1.36. The summed E-state index contributed by atoms with van der Waals surface area (Å²) in [5.74, 6) is -0.163. The van der Waals surface area contributed by atoms with Gasteiger partial charge >= 0.3 is 6.18 Å². The summed E-state index contributed by atoms with van der Waals surface area (Å²) in [5, 5.41) is 2.90. The molecule has 0 bridgehead atoms. The Balaban J connectivity index is 3.01. The Bertz CT molecular complexity index is 399. The second-order valence-corrected chi connectivity index (χ2v) is 3.42. The molecule has 94 valence electrons. The number of nitrogens with one attached hydrogen (secondary N) is 1. The largest absolute Gasteiger partial charge is 0.496 e. The van der Waals surface area contributed by atoms with Crippen LogP contribution in [0.2, 0.25) is 0 Å². The third-order valence-corrected chi connectivity index (χ3v) is 2.16. The number of rotatable bonds is 4. The first-order chi connectivity index (χ1) is 7.99. The van der Waals surface area contributed by atoms with Gasteiger partial charge in [-0.3, -0.25) is 0 Å². The molecule has 1 rings (SSSR count). The van der Waals surface area contributed by atoms with Gasteiger partial charge in [0.15, 0.2) is 0 Å². The second-order valence-electron chi connectivity index (χ2n) is 3.42. The van der Waals surface area contributed by atoms with Gasteiger partial charge in [0.25, 0.3) is 0 Å². The highest BCUT2D eigenvalue weighted by molar-refractivity contribution is 5.54. The third kappa shape index (κ3) is 3.78. The Labute approximate surface area is 98.1 Å². The molecule has 1 aromatic carbocycles. The van der Waals surface area contributed by atoms with Crippen molar-refractivity contribution >= 4 is 6.08 Å². The lowest BCUT2D eigenvalue weighted by molar-refractivity contribution is -0.138. The van der Waals surface area contributed by atoms with Crippen molar-refractivity contribution < 1.29 is 17.9 Å². The van der Waals surface area contributed by atoms with Crippen molar-refractivity contribution in [3.8, 4) is 5.75 Å². The molecule has 0 aliphatic carbocycles. The average Bonchev–Trinajstić information content (AvgIpc) is 2.28. The zero-order valence-corrected chi connectivity index (χ0v) is 9.64. The smallest absolute Gasteiger partial charge is 0.419 e. The molecular formula is C12H14F3NO. The summed E-state index contributed by atoms with van der Waals surface area (Å²) >= 11 is 0. The quantitative estimate of drug-likeness (QED) is 0.880. The summed E-state index contributed by atoms with van der Waals surface area (Å²) in [5.41, 5.74) is -0.0872. The Morgan fingerprint density at radius 2 is 2.06 bits per heavy atom. The number of ether oxygens (including phenoxy) is 1. The molecule has 1 aromatic rings. The summed E-state index contributed by atoms with van der Waals surface area (Å²) in [7, 11) is 3.02. The van der Waals surface area contributed by atoms with E-state index < -0.39 is 11.7 Å². The molecule has 0 saturated heterocycles. The standard InChI is InChI=1S/C12H14F3NO/c1-16-7-3-4-9-5-6-10(12(13,14)15)11(8-9)17-2/h3-6,8,16H,7H2,1-2H3. The highest BCUT2D eigenvalue weighted by atomic mass is 19.4. The van der Waals surface area contributed by atoms with Gasteiger partial charge in [-0.1, -0.05) is 18.2 Å². The predicted octanol–water partition coefficient (Wildman–Crippen LogP) is 2.95. The zero-order valence-electron chi connectivity index (χ0n) is 9.64. The molecular weight excluding hydrogens is 231 g/mol. The Morgan fingerprint density at radius 1 is 1.35 bits per heavy atom. The normalized spacial score (nSPS) is 12.1. The monoisotopic (exact) mass is 245 g/mol. The van der Waals surface area contributed by atoms with E-state index in [4.69, 9.17) is 4.74 Å². The lowest BCUT2D eigenvalue weighted by Gasteiger charge is -2.12. The van der Waals surface area contributed by atoms with E-state index in [1.54, 1.807) is 13.1 Å². The fraction of sp³-hybridized carbons (Fsp3) is 0.333. The van der Waals surface area contributed by atoms with Crippen molar-refractivity contribution in [2.24, 2.45) is 0 Å². The van der Waals surface area contributed by atoms with Gasteiger partial charge in [-0.15, -0.1) is 0 Å². The van der Waals surface area contributed by atoms with Gasteiger partial charge in [0.05, 0.1) is 12.7 Å². The Kier molecular flexibility index (Phi) is 4.57. The molecule has 1 N–H and O–H groups in total. The molecule has 0 saturated carbocycles. The van der Waals surface area contributed by atoms with E-state index in [0.717, 1.165) is 6.07 Å². The van der Waals surface area contributed by atoms with Crippen molar-refractivity contribution in [3.63, 3.8) is 0 Å². The van der Waals surface area contributed by atoms with Crippen LogP contribution in [-0.4, -0.2) is 20.7 Å². The van der Waals surface area contributed by atoms with Crippen LogP contribution in [0.4, 0.5) is 13.2 Å². The van der Waals surface area contributed by atoms with Crippen molar-refractivity contribution in [2.45, 2.75) is 6.18 Å². The first-order valence-electron chi connectivity index (χ1n) is 5.05. The minimum atomic E-state index is -4.39. The SMILES string of the molecule is CNCC=Cc1ccc(C(F)(F)F)c(OC)c1. The van der Waals surface area contributed by atoms with Crippen LogP contribution in [0.3, 0.4) is 0 Å². The lowest BCUT2D eigenvalue weighted by Crippen LogP contribution is -2.07. The van der Waals surface area contributed by atoms with Gasteiger partial charge in [-0.05, 0) is 24.7 Å². The van der Waals surface area contributed by atoms with Crippen LogP contribution in [0.5, 0.6) is 5.75 Å². The van der Waals surface area contributed by atoms with Crippen LogP contribution in [0.25, 0.3) is 6.08 Å². The fourth-order valence-corrected chi connectivity index (χ4v) is 1.36. The molecule has 0 radical (unpaired) electrons. The van der Waals surface area contributed by atoms with Crippen molar-refractivity contribution in [3.05, 3.63) is 35.4 Å². The van der Waals surface area contributed by atoms with E-state index in [1.807, 2.05) is 6.08 Å². The van der Waals surface area contributed by atoms with Crippen molar-refractivity contribution in [2.75, 3.05) is 20.7 Å². The summed E-state index contributed by atoms with van der Waals surface area (Å²) in [6, 6.07) is 3.81. The van der Waals surface area contributed by atoms with Gasteiger partial charge in [0.1, 0.15) is 5.75 Å². The van der Waals surface area contributed by atoms with Gasteiger partial charge in [0, 0.05) is 6.54 Å². The molecule has 2 nitrogen and oxygen atoms in total. The molecule has 0 amide bonds. The summed E-state index contributed by atoms with van der Waals surface area (Å²) in [6.07, 6.45) is -0.834. The van der Waals surface area contributed by atoms with Crippen LogP contribution in [0, 0.1) is 0 Å². The molecule has 0 fully saturated rings. The minimum absolute atomic E-state index is 0.163. The first-order valence-corrected chi connectivity index (χ1v) is 5.05. The maximum Gasteiger partial charge on any atom is 0.419 e. The van der Waals surface area contributed by atoms with Gasteiger partial charge in [0.2, 0.25) is 0 Å². The molecule has 0 unspecified atom stereocenters. The van der Waals surface area contributed by atoms with Crippen molar-refractivity contribution in [1.29, 1.82) is 0 Å². The van der Waals surface area contributed by atoms with Crippen LogP contribution in [0.1, 0.15) is 11.1 Å². The molecule has 17 heavy (non-hydrogen) atoms. The van der Waals surface area contributed by atoms with Crippen LogP contribution >= 0.6 is 0 Å². The maximum absolute atomic E-state index is 12.6. The van der Waals surface area contributed by atoms with E-state index in [2.05, 4.69) is 5.32 Å². The number of hydrogen-bond donors (Lipinski definition) is 1. The highest BCUT2D eigenvalue weighted by Crippen LogP contribution is 2.36. The molecule has 0 spiro atoms. The van der Waals surface area contributed by atoms with Crippen LogP contribution < -0.4 is 10.1 Å². The number of methoxy groups -OCH3 is 1. The van der Waals surface area contributed by atoms with E-state index in [-0.39, 0.29) is 5.75 Å². The summed E-state index contributed by atoms with van der Waals surface area (Å²) < 4.78 is 42.4. The van der Waals surface area contributed by atoms with E-state index in [0.29, 0.717) is 12.1 Å². The molecule has 0 aromatic heterocycles. The summed E-state index contributed by atoms with van der Waals surface area (Å²) in [4.78, 5) is 0. The van der Waals surface area contributed by atoms with Crippen LogP contribution in [0.15, 0.2) is 24.3 Å². The van der Waals surface area contributed by atoms with Gasteiger partial charge < -0.3 is 10.1 Å². The summed E-state index contributed by atoms with van der Waals surface area (Å²) in [6.45, 7) is 0.656. The number of halogens is 3. The van der Waals surface area contributed by atoms with Gasteiger partial charge in [-0.2, -0.15) is 13.2 Å². The maximum atomic E-state index is 12.6. The van der Waals surface area contributed by atoms with E-state index >= 15 is 0 Å². The van der Waals surface area contributed by atoms with E-state index in [1.165, 1.54) is 19.2 Å². The lowest BCUT2D eigenvalue weighted by atomic mass is 10.1. The number of hydrogen-bond acceptors (Lipinski definition) is 2. The van der Waals surface area contributed by atoms with Crippen molar-refractivity contribution in [1.82, 2.24) is 5.32 Å². The average molecular weight is 245 g/mol. The van der Waals surface area contributed by atoms with Gasteiger partial charge in [-0.25, -0.2) is 0 Å². The van der Waals surface area contributed by atoms with E-state index in [9.17, 15) is 13.2 Å². The molecule has 0 heterocycles. The number of alkyl halides is 3. The Morgan fingerprint density at radius 3 is 2.59 bits per heavy atom. The molecule has 0 atom stereocenters. The predicted molar refractivity (Wildman–Crippen MR) is 61.0 cm³/mol. The molecule has 0 aliphatic heterocycles. The third-order valence-electron chi connectivity index (χ3n) is 2.16. The zero-order chi connectivity index (χ0) is 12.9. The highest BCUT2D eigenvalue weighted by Gasteiger charge is 2.34. The first kappa shape index (κ1) is 13.6. The molecule has 0 aliphatic rings. The second kappa shape index (κ2) is 5.72. The number of likely N-dealkylation sites (N-methyl/N-ethyl adjacent to an activating group) is 1.